The van der Waals surface area contributed by atoms with E-state index in [1.165, 1.54) is 0 Å². The quantitative estimate of drug-likeness (QED) is 0.661. The molecule has 0 aliphatic heterocycles. The minimum absolute atomic E-state index is 0.277. The number of carbonyl (C=O) groups is 1. The van der Waals surface area contributed by atoms with Crippen LogP contribution < -0.4 is 10.5 Å². The molecule has 0 saturated heterocycles. The molecule has 0 spiro atoms. The Morgan fingerprint density at radius 3 is 2.43 bits per heavy atom. The van der Waals surface area contributed by atoms with Crippen molar-refractivity contribution in [2.75, 3.05) is 6.61 Å². The first-order valence-electron chi connectivity index (χ1n) is 6.99. The maximum Gasteiger partial charge on any atom is 0.365 e. The van der Waals surface area contributed by atoms with Crippen LogP contribution in [-0.4, -0.2) is 24.2 Å². The molecule has 0 aromatic heterocycles. The van der Waals surface area contributed by atoms with Crippen LogP contribution >= 0.6 is 0 Å². The van der Waals surface area contributed by atoms with Gasteiger partial charge in [0.25, 0.3) is 0 Å². The number of hydrogen-bond acceptors (Lipinski definition) is 3. The van der Waals surface area contributed by atoms with Gasteiger partial charge >= 0.3 is 5.97 Å². The lowest BCUT2D eigenvalue weighted by molar-refractivity contribution is -0.409. The summed E-state index contributed by atoms with van der Waals surface area (Å²) >= 11 is 0. The van der Waals surface area contributed by atoms with Crippen LogP contribution in [0.5, 0.6) is 5.75 Å². The number of quaternary nitrogens is 1. The molecule has 0 amide bonds. The first-order valence-corrected chi connectivity index (χ1v) is 6.99. The molecule has 3 N–H and O–H groups in total. The highest BCUT2D eigenvalue weighted by Crippen LogP contribution is 2.14. The van der Waals surface area contributed by atoms with E-state index in [-0.39, 0.29) is 5.97 Å². The molecule has 1 aromatic carbocycles. The standard InChI is InChI=1S/C17H23NO3/c1-5-6-11-20-14-9-7-13(8-10-14)12-15(18)16(19)21-17(2,3)4/h7-10,15H,11-12,18H2,1-4H3/p+1/t15-/m0/s1. The van der Waals surface area contributed by atoms with Gasteiger partial charge in [-0.25, -0.2) is 4.79 Å². The Kier molecular flexibility index (Phi) is 6.26. The Labute approximate surface area is 126 Å². The Hall–Kier alpha value is -1.99. The fourth-order valence-corrected chi connectivity index (χ4v) is 1.67. The third kappa shape index (κ3) is 6.82. The summed E-state index contributed by atoms with van der Waals surface area (Å²) in [6.45, 7) is 7.71. The largest absolute Gasteiger partial charge is 0.481 e. The van der Waals surface area contributed by atoms with Gasteiger partial charge in [0, 0.05) is 6.42 Å². The second kappa shape index (κ2) is 7.70. The molecule has 0 fully saturated rings. The summed E-state index contributed by atoms with van der Waals surface area (Å²) in [6, 6.07) is 7.18. The van der Waals surface area contributed by atoms with Crippen LogP contribution in [0.25, 0.3) is 0 Å². The topological polar surface area (TPSA) is 63.2 Å². The summed E-state index contributed by atoms with van der Waals surface area (Å²) in [6.07, 6.45) is 0.546. The molecule has 0 heterocycles. The summed E-state index contributed by atoms with van der Waals surface area (Å²) in [7, 11) is 0. The first-order chi connectivity index (χ1) is 9.81. The molecule has 1 atom stereocenters. The van der Waals surface area contributed by atoms with Gasteiger partial charge in [0.1, 0.15) is 18.0 Å². The molecular weight excluding hydrogens is 266 g/mol. The Balaban J connectivity index is 2.54. The highest BCUT2D eigenvalue weighted by molar-refractivity contribution is 5.74. The third-order valence-electron chi connectivity index (χ3n) is 2.63. The number of rotatable bonds is 5. The van der Waals surface area contributed by atoms with Crippen LogP contribution in [0, 0.1) is 11.8 Å². The van der Waals surface area contributed by atoms with Gasteiger partial charge in [-0.15, -0.1) is 5.92 Å². The zero-order chi connectivity index (χ0) is 15.9. The van der Waals surface area contributed by atoms with E-state index < -0.39 is 11.6 Å². The average molecular weight is 290 g/mol. The number of carbonyl (C=O) groups excluding carboxylic acids is 1. The number of ether oxygens (including phenoxy) is 2. The van der Waals surface area contributed by atoms with E-state index in [0.29, 0.717) is 13.0 Å². The van der Waals surface area contributed by atoms with Crippen molar-refractivity contribution in [3.63, 3.8) is 0 Å². The molecule has 0 saturated carbocycles. The lowest BCUT2D eigenvalue weighted by Gasteiger charge is -2.20. The fraction of sp³-hybridized carbons (Fsp3) is 0.471. The zero-order valence-corrected chi connectivity index (χ0v) is 13.2. The van der Waals surface area contributed by atoms with Gasteiger partial charge in [-0.1, -0.05) is 18.1 Å². The smallest absolute Gasteiger partial charge is 0.365 e. The van der Waals surface area contributed by atoms with Crippen molar-refractivity contribution in [3.05, 3.63) is 29.8 Å². The van der Waals surface area contributed by atoms with E-state index in [9.17, 15) is 4.79 Å². The molecule has 4 nitrogen and oxygen atoms in total. The Morgan fingerprint density at radius 1 is 1.29 bits per heavy atom. The normalized spacial score (nSPS) is 12.0. The highest BCUT2D eigenvalue weighted by atomic mass is 16.6. The van der Waals surface area contributed by atoms with Gasteiger partial charge < -0.3 is 15.2 Å². The lowest BCUT2D eigenvalue weighted by Crippen LogP contribution is -2.66. The van der Waals surface area contributed by atoms with Crippen LogP contribution in [0.2, 0.25) is 0 Å². The van der Waals surface area contributed by atoms with Crippen molar-refractivity contribution in [2.24, 2.45) is 0 Å². The monoisotopic (exact) mass is 290 g/mol. The predicted octanol–water partition coefficient (Wildman–Crippen LogP) is 1.58. The summed E-state index contributed by atoms with van der Waals surface area (Å²) in [4.78, 5) is 11.9. The van der Waals surface area contributed by atoms with Gasteiger partial charge in [0.05, 0.1) is 0 Å². The highest BCUT2D eigenvalue weighted by Gasteiger charge is 2.24. The minimum Gasteiger partial charge on any atom is -0.481 e. The van der Waals surface area contributed by atoms with Gasteiger partial charge in [-0.05, 0) is 45.4 Å². The fourth-order valence-electron chi connectivity index (χ4n) is 1.67. The van der Waals surface area contributed by atoms with Gasteiger partial charge in [-0.3, -0.25) is 0 Å². The molecular formula is C17H24NO3+. The maximum atomic E-state index is 11.9. The van der Waals surface area contributed by atoms with Gasteiger partial charge in [-0.2, -0.15) is 0 Å². The van der Waals surface area contributed by atoms with Crippen molar-refractivity contribution >= 4 is 5.97 Å². The molecule has 1 rings (SSSR count). The SMILES string of the molecule is CC#CCOc1ccc(C[C@H]([NH3+])C(=O)OC(C)(C)C)cc1. The van der Waals surface area contributed by atoms with Crippen LogP contribution in [-0.2, 0) is 16.0 Å². The molecule has 21 heavy (non-hydrogen) atoms. The molecule has 114 valence electrons. The average Bonchev–Trinajstić information content (AvgIpc) is 2.39. The van der Waals surface area contributed by atoms with Crippen molar-refractivity contribution in [3.8, 4) is 17.6 Å². The van der Waals surface area contributed by atoms with Crippen molar-refractivity contribution in [2.45, 2.75) is 45.8 Å². The van der Waals surface area contributed by atoms with E-state index >= 15 is 0 Å². The number of hydrogen-bond donors (Lipinski definition) is 1. The van der Waals surface area contributed by atoms with E-state index in [2.05, 4.69) is 17.6 Å². The number of esters is 1. The van der Waals surface area contributed by atoms with E-state index in [1.54, 1.807) is 6.92 Å². The molecule has 0 bridgehead atoms. The van der Waals surface area contributed by atoms with Crippen molar-refractivity contribution < 1.29 is 20.0 Å². The van der Waals surface area contributed by atoms with Gasteiger partial charge in [0.15, 0.2) is 6.04 Å². The summed E-state index contributed by atoms with van der Waals surface area (Å²) in [5, 5.41) is 0. The van der Waals surface area contributed by atoms with Crippen LogP contribution in [0.15, 0.2) is 24.3 Å². The Morgan fingerprint density at radius 2 is 1.90 bits per heavy atom. The third-order valence-corrected chi connectivity index (χ3v) is 2.63. The van der Waals surface area contributed by atoms with Crippen molar-refractivity contribution in [1.82, 2.24) is 0 Å². The Bertz CT molecular complexity index is 518. The molecule has 1 aromatic rings. The summed E-state index contributed by atoms with van der Waals surface area (Å²) in [5.74, 6) is 6.10. The van der Waals surface area contributed by atoms with Crippen molar-refractivity contribution in [1.29, 1.82) is 0 Å². The zero-order valence-electron chi connectivity index (χ0n) is 13.2. The summed E-state index contributed by atoms with van der Waals surface area (Å²) < 4.78 is 10.8. The van der Waals surface area contributed by atoms with Crippen LogP contribution in [0.3, 0.4) is 0 Å². The molecule has 0 aliphatic rings. The van der Waals surface area contributed by atoms with Crippen LogP contribution in [0.4, 0.5) is 0 Å². The van der Waals surface area contributed by atoms with Gasteiger partial charge in [0.2, 0.25) is 0 Å². The number of benzene rings is 1. The van der Waals surface area contributed by atoms with E-state index in [4.69, 9.17) is 9.47 Å². The molecule has 0 radical (unpaired) electrons. The minimum atomic E-state index is -0.481. The molecule has 0 aliphatic carbocycles. The predicted molar refractivity (Wildman–Crippen MR) is 81.6 cm³/mol. The molecule has 0 unspecified atom stereocenters. The second-order valence-corrected chi connectivity index (χ2v) is 5.79. The van der Waals surface area contributed by atoms with E-state index in [0.717, 1.165) is 11.3 Å². The van der Waals surface area contributed by atoms with Crippen LogP contribution in [0.1, 0.15) is 33.3 Å². The lowest BCUT2D eigenvalue weighted by atomic mass is 10.1. The second-order valence-electron chi connectivity index (χ2n) is 5.79. The summed E-state index contributed by atoms with van der Waals surface area (Å²) in [5.41, 5.74) is 4.42. The first kappa shape index (κ1) is 17.1. The molecule has 4 heteroatoms. The van der Waals surface area contributed by atoms with E-state index in [1.807, 2.05) is 45.0 Å². The maximum absolute atomic E-state index is 11.9.